The fraction of sp³-hybridized carbons (Fsp3) is 0.696. The van der Waals surface area contributed by atoms with Gasteiger partial charge in [0.1, 0.15) is 18.7 Å². The molecule has 1 aromatic heterocycles. The van der Waals surface area contributed by atoms with Gasteiger partial charge in [-0.1, -0.05) is 25.5 Å². The van der Waals surface area contributed by atoms with Crippen molar-refractivity contribution in [1.29, 1.82) is 0 Å². The molecule has 7 heteroatoms. The van der Waals surface area contributed by atoms with Crippen LogP contribution in [0.25, 0.3) is 5.70 Å². The van der Waals surface area contributed by atoms with Crippen LogP contribution in [-0.4, -0.2) is 38.6 Å². The molecule has 30 heavy (non-hydrogen) atoms. The molecular weight excluding hydrogens is 380 g/mol. The molecule has 0 bridgehead atoms. The maximum atomic E-state index is 12.0. The van der Waals surface area contributed by atoms with Crippen molar-refractivity contribution in [2.75, 3.05) is 0 Å². The van der Waals surface area contributed by atoms with E-state index >= 15 is 0 Å². The van der Waals surface area contributed by atoms with Crippen LogP contribution in [0.3, 0.4) is 0 Å². The van der Waals surface area contributed by atoms with E-state index in [9.17, 15) is 9.59 Å². The van der Waals surface area contributed by atoms with Crippen molar-refractivity contribution in [3.8, 4) is 0 Å². The summed E-state index contributed by atoms with van der Waals surface area (Å²) in [5.41, 5.74) is 3.42. The monoisotopic (exact) mass is 410 g/mol. The van der Waals surface area contributed by atoms with Gasteiger partial charge in [-0.2, -0.15) is 0 Å². The molecule has 160 valence electrons. The highest BCUT2D eigenvalue weighted by Crippen LogP contribution is 2.66. The van der Waals surface area contributed by atoms with Gasteiger partial charge in [0.15, 0.2) is 0 Å². The maximum Gasteiger partial charge on any atom is 0.302 e. The third-order valence-corrected chi connectivity index (χ3v) is 8.79. The highest BCUT2D eigenvalue weighted by molar-refractivity contribution is 5.86. The van der Waals surface area contributed by atoms with Gasteiger partial charge in [0.05, 0.1) is 5.70 Å². The predicted octanol–water partition coefficient (Wildman–Crippen LogP) is 3.59. The van der Waals surface area contributed by atoms with Gasteiger partial charge in [0.2, 0.25) is 0 Å². The topological polar surface area (TPSA) is 87.0 Å². The lowest BCUT2D eigenvalue weighted by Crippen LogP contribution is -2.50. The summed E-state index contributed by atoms with van der Waals surface area (Å²) in [7, 11) is 0. The smallest absolute Gasteiger partial charge is 0.302 e. The molecule has 1 unspecified atom stereocenters. The van der Waals surface area contributed by atoms with Crippen molar-refractivity contribution >= 4 is 18.0 Å². The van der Waals surface area contributed by atoms with E-state index < -0.39 is 0 Å². The molecule has 1 heterocycles. The first-order chi connectivity index (χ1) is 14.4. The first-order valence-electron chi connectivity index (χ1n) is 11.2. The Bertz CT molecular complexity index is 936. The minimum Gasteiger partial charge on any atom is -0.462 e. The number of tetrazole rings is 1. The largest absolute Gasteiger partial charge is 0.462 e. The van der Waals surface area contributed by atoms with Crippen LogP contribution in [0.1, 0.15) is 65.7 Å². The summed E-state index contributed by atoms with van der Waals surface area (Å²) >= 11 is 0. The van der Waals surface area contributed by atoms with Crippen LogP contribution in [0.5, 0.6) is 0 Å². The Hall–Kier alpha value is -2.31. The molecule has 2 fully saturated rings. The lowest BCUT2D eigenvalue weighted by molar-refractivity contribution is -0.148. The van der Waals surface area contributed by atoms with Gasteiger partial charge >= 0.3 is 5.97 Å². The van der Waals surface area contributed by atoms with E-state index in [2.05, 4.69) is 35.4 Å². The molecule has 0 aliphatic heterocycles. The molecule has 0 aromatic carbocycles. The van der Waals surface area contributed by atoms with Crippen molar-refractivity contribution in [1.82, 2.24) is 20.2 Å². The Morgan fingerprint density at radius 3 is 2.70 bits per heavy atom. The van der Waals surface area contributed by atoms with Gasteiger partial charge in [-0.05, 0) is 72.1 Å². The van der Waals surface area contributed by atoms with Gasteiger partial charge in [-0.15, -0.1) is 5.10 Å². The molecule has 0 N–H and O–H groups in total. The Morgan fingerprint density at radius 2 is 2.00 bits per heavy atom. The molecule has 2 saturated carbocycles. The summed E-state index contributed by atoms with van der Waals surface area (Å²) in [6, 6.07) is 0. The second kappa shape index (κ2) is 6.86. The Kier molecular flexibility index (Phi) is 4.49. The molecule has 4 aliphatic carbocycles. The zero-order valence-electron chi connectivity index (χ0n) is 18.0. The standard InChI is InChI=1S/C23H30N4O3/c1-14(29)30-17-6-8-22(2)16(11-17)4-5-18-19(22)7-9-23(3)20(18)10-15(12-28)21(23)27-13-24-25-26-27/h4,12-13,17-20H,5-11H2,1-3H3/t17?,18-,19+,20+,22+,23+/m1/s1. The Labute approximate surface area is 176 Å². The lowest BCUT2D eigenvalue weighted by Gasteiger charge is -2.57. The van der Waals surface area contributed by atoms with E-state index in [0.29, 0.717) is 17.8 Å². The van der Waals surface area contributed by atoms with Gasteiger partial charge in [0.25, 0.3) is 0 Å². The Balaban J connectivity index is 1.46. The lowest BCUT2D eigenvalue weighted by atomic mass is 9.48. The highest BCUT2D eigenvalue weighted by atomic mass is 16.5. The first kappa shape index (κ1) is 19.6. The summed E-state index contributed by atoms with van der Waals surface area (Å²) in [5.74, 6) is 1.40. The molecule has 4 aliphatic rings. The summed E-state index contributed by atoms with van der Waals surface area (Å²) in [6.07, 6.45) is 12.0. The number of hydrogen-bond acceptors (Lipinski definition) is 6. The quantitative estimate of drug-likeness (QED) is 0.430. The molecule has 0 spiro atoms. The second-order valence-corrected chi connectivity index (χ2v) is 10.1. The number of carbonyl (C=O) groups is 2. The first-order valence-corrected chi connectivity index (χ1v) is 11.2. The minimum absolute atomic E-state index is 0.0217. The van der Waals surface area contributed by atoms with Gasteiger partial charge in [0, 0.05) is 24.3 Å². The number of rotatable bonds is 3. The van der Waals surface area contributed by atoms with Crippen LogP contribution in [0.15, 0.2) is 23.5 Å². The van der Waals surface area contributed by atoms with Crippen LogP contribution >= 0.6 is 0 Å². The van der Waals surface area contributed by atoms with Crippen molar-refractivity contribution in [3.05, 3.63) is 23.5 Å². The number of allylic oxidation sites excluding steroid dienone is 3. The number of esters is 1. The average Bonchev–Trinajstić information content (AvgIpc) is 3.32. The number of aromatic nitrogens is 4. The van der Waals surface area contributed by atoms with Crippen LogP contribution in [-0.2, 0) is 14.3 Å². The van der Waals surface area contributed by atoms with Crippen LogP contribution in [0.2, 0.25) is 0 Å². The van der Waals surface area contributed by atoms with Crippen molar-refractivity contribution < 1.29 is 14.3 Å². The average molecular weight is 411 g/mol. The molecule has 1 aromatic rings. The number of nitrogens with zero attached hydrogens (tertiary/aromatic N) is 4. The molecule has 0 saturated heterocycles. The van der Waals surface area contributed by atoms with Gasteiger partial charge < -0.3 is 4.74 Å². The summed E-state index contributed by atoms with van der Waals surface area (Å²) in [5, 5.41) is 11.8. The van der Waals surface area contributed by atoms with Gasteiger partial charge in [-0.25, -0.2) is 4.68 Å². The van der Waals surface area contributed by atoms with Crippen LogP contribution in [0.4, 0.5) is 0 Å². The summed E-state index contributed by atoms with van der Waals surface area (Å²) in [4.78, 5) is 23.4. The second-order valence-electron chi connectivity index (χ2n) is 10.1. The molecule has 0 radical (unpaired) electrons. The molecule has 7 nitrogen and oxygen atoms in total. The van der Waals surface area contributed by atoms with E-state index in [4.69, 9.17) is 4.74 Å². The molecular formula is C23H30N4O3. The van der Waals surface area contributed by atoms with E-state index in [1.54, 1.807) is 11.0 Å². The van der Waals surface area contributed by atoms with Crippen molar-refractivity contribution in [2.24, 2.45) is 28.6 Å². The van der Waals surface area contributed by atoms with Crippen molar-refractivity contribution in [3.63, 3.8) is 0 Å². The SMILES string of the molecule is CC(=O)OC1CC[C@@]2(C)C(=CC[C@@H]3[C@@H]2CC[C@]2(C)C(n4cnnn4)=C(C=O)C[C@@H]32)C1. The molecule has 6 atom stereocenters. The zero-order valence-corrected chi connectivity index (χ0v) is 18.0. The molecule has 0 amide bonds. The third kappa shape index (κ3) is 2.73. The summed E-state index contributed by atoms with van der Waals surface area (Å²) in [6.45, 7) is 6.23. The van der Waals surface area contributed by atoms with Gasteiger partial charge in [-0.3, -0.25) is 9.59 Å². The van der Waals surface area contributed by atoms with E-state index in [1.807, 2.05) is 0 Å². The van der Waals surface area contributed by atoms with E-state index in [0.717, 1.165) is 62.5 Å². The number of ether oxygens (including phenoxy) is 1. The third-order valence-electron chi connectivity index (χ3n) is 8.79. The van der Waals surface area contributed by atoms with Crippen molar-refractivity contribution in [2.45, 2.75) is 71.8 Å². The summed E-state index contributed by atoms with van der Waals surface area (Å²) < 4.78 is 7.27. The van der Waals surface area contributed by atoms with Crippen LogP contribution in [0, 0.1) is 28.6 Å². The Morgan fingerprint density at radius 1 is 1.20 bits per heavy atom. The normalized spacial score (nSPS) is 40.2. The number of hydrogen-bond donors (Lipinski definition) is 0. The fourth-order valence-electron chi connectivity index (χ4n) is 7.43. The van der Waals surface area contributed by atoms with Crippen LogP contribution < -0.4 is 0 Å². The van der Waals surface area contributed by atoms with E-state index in [1.165, 1.54) is 12.5 Å². The number of aldehydes is 1. The fourth-order valence-corrected chi connectivity index (χ4v) is 7.43. The zero-order chi connectivity index (χ0) is 21.1. The van der Waals surface area contributed by atoms with E-state index in [-0.39, 0.29) is 22.9 Å². The number of fused-ring (bicyclic) bond motifs is 5. The highest BCUT2D eigenvalue weighted by Gasteiger charge is 2.58. The number of carbonyl (C=O) groups excluding carboxylic acids is 2. The maximum absolute atomic E-state index is 12.0. The minimum atomic E-state index is -0.181. The molecule has 5 rings (SSSR count). The predicted molar refractivity (Wildman–Crippen MR) is 110 cm³/mol.